The first-order valence-corrected chi connectivity index (χ1v) is 8.23. The van der Waals surface area contributed by atoms with Crippen molar-refractivity contribution in [2.75, 3.05) is 0 Å². The van der Waals surface area contributed by atoms with E-state index in [9.17, 15) is 19.7 Å². The molecule has 2 bridgehead atoms. The molecular formula is C18H21N3O4. The van der Waals surface area contributed by atoms with Gasteiger partial charge < -0.3 is 5.43 Å². The van der Waals surface area contributed by atoms with Crippen molar-refractivity contribution in [1.82, 2.24) is 10.9 Å². The van der Waals surface area contributed by atoms with Crippen molar-refractivity contribution >= 4 is 17.4 Å². The molecule has 0 aromatic heterocycles. The predicted octanol–water partition coefficient (Wildman–Crippen LogP) is 2.74. The van der Waals surface area contributed by atoms with Gasteiger partial charge in [-0.3, -0.25) is 25.1 Å². The Morgan fingerprint density at radius 2 is 2.08 bits per heavy atom. The SMILES string of the molecule is CC12CCC(/C(=C/NNC(=O)c3cccc([N+](=O)[O-])c3)C1=O)C2(C)C. The van der Waals surface area contributed by atoms with Crippen molar-refractivity contribution in [3.8, 4) is 0 Å². The number of non-ortho nitro benzene ring substituents is 1. The van der Waals surface area contributed by atoms with Gasteiger partial charge in [-0.25, -0.2) is 0 Å². The van der Waals surface area contributed by atoms with Crippen LogP contribution < -0.4 is 10.9 Å². The van der Waals surface area contributed by atoms with Gasteiger partial charge in [-0.15, -0.1) is 0 Å². The van der Waals surface area contributed by atoms with E-state index in [4.69, 9.17) is 0 Å². The number of hydrogen-bond acceptors (Lipinski definition) is 5. The molecule has 2 atom stereocenters. The van der Waals surface area contributed by atoms with Gasteiger partial charge in [-0.05, 0) is 30.2 Å². The van der Waals surface area contributed by atoms with Gasteiger partial charge in [-0.2, -0.15) is 0 Å². The van der Waals surface area contributed by atoms with Crippen LogP contribution in [0, 0.1) is 26.9 Å². The topological polar surface area (TPSA) is 101 Å². The number of carbonyl (C=O) groups is 2. The number of rotatable bonds is 4. The molecule has 2 unspecified atom stereocenters. The minimum Gasteiger partial charge on any atom is -0.305 e. The van der Waals surface area contributed by atoms with Gasteiger partial charge in [0.05, 0.1) is 4.92 Å². The van der Waals surface area contributed by atoms with E-state index in [1.807, 2.05) is 6.92 Å². The van der Waals surface area contributed by atoms with Gasteiger partial charge >= 0.3 is 0 Å². The molecule has 0 spiro atoms. The van der Waals surface area contributed by atoms with Crippen LogP contribution in [0.5, 0.6) is 0 Å². The number of benzene rings is 1. The van der Waals surface area contributed by atoms with E-state index in [0.717, 1.165) is 12.8 Å². The Morgan fingerprint density at radius 3 is 2.68 bits per heavy atom. The average molecular weight is 343 g/mol. The molecule has 0 saturated heterocycles. The molecule has 7 nitrogen and oxygen atoms in total. The van der Waals surface area contributed by atoms with Crippen molar-refractivity contribution in [2.24, 2.45) is 16.7 Å². The smallest absolute Gasteiger partial charge is 0.270 e. The lowest BCUT2D eigenvalue weighted by Crippen LogP contribution is -2.35. The van der Waals surface area contributed by atoms with Gasteiger partial charge in [0, 0.05) is 34.9 Å². The zero-order valence-corrected chi connectivity index (χ0v) is 14.5. The van der Waals surface area contributed by atoms with Crippen LogP contribution in [0.2, 0.25) is 0 Å². The number of carbonyl (C=O) groups excluding carboxylic acids is 2. The molecule has 1 amide bonds. The summed E-state index contributed by atoms with van der Waals surface area (Å²) in [4.78, 5) is 35.0. The minimum absolute atomic E-state index is 0.0956. The number of nitro benzene ring substituents is 1. The lowest BCUT2D eigenvalue weighted by atomic mass is 9.70. The number of allylic oxidation sites excluding steroid dienone is 1. The Kier molecular flexibility index (Phi) is 3.89. The number of nitro groups is 1. The van der Waals surface area contributed by atoms with E-state index < -0.39 is 10.8 Å². The highest BCUT2D eigenvalue weighted by Crippen LogP contribution is 2.65. The van der Waals surface area contributed by atoms with E-state index in [0.29, 0.717) is 5.57 Å². The Labute approximate surface area is 145 Å². The van der Waals surface area contributed by atoms with E-state index in [1.54, 1.807) is 6.20 Å². The normalized spacial score (nSPS) is 28.2. The highest BCUT2D eigenvalue weighted by molar-refractivity contribution is 6.04. The summed E-state index contributed by atoms with van der Waals surface area (Å²) in [6, 6.07) is 5.47. The van der Waals surface area contributed by atoms with Gasteiger partial charge in [0.1, 0.15) is 0 Å². The van der Waals surface area contributed by atoms with Gasteiger partial charge in [0.2, 0.25) is 0 Å². The predicted molar refractivity (Wildman–Crippen MR) is 91.4 cm³/mol. The number of Topliss-reactive ketones (excluding diaryl/α,β-unsaturated/α-hetero) is 1. The maximum absolute atomic E-state index is 12.7. The zero-order valence-electron chi connectivity index (χ0n) is 14.5. The second-order valence-corrected chi connectivity index (χ2v) is 7.48. The Balaban J connectivity index is 1.70. The third-order valence-electron chi connectivity index (χ3n) is 6.10. The molecule has 0 radical (unpaired) electrons. The molecule has 132 valence electrons. The van der Waals surface area contributed by atoms with Crippen LogP contribution in [-0.2, 0) is 4.79 Å². The van der Waals surface area contributed by atoms with E-state index in [-0.39, 0.29) is 33.8 Å². The first kappa shape index (κ1) is 17.1. The van der Waals surface area contributed by atoms with E-state index in [2.05, 4.69) is 24.7 Å². The van der Waals surface area contributed by atoms with Crippen LogP contribution in [0.15, 0.2) is 36.0 Å². The van der Waals surface area contributed by atoms with Crippen LogP contribution in [0.25, 0.3) is 0 Å². The van der Waals surface area contributed by atoms with Crippen LogP contribution in [0.3, 0.4) is 0 Å². The Hall–Kier alpha value is -2.70. The first-order valence-electron chi connectivity index (χ1n) is 8.23. The van der Waals surface area contributed by atoms with Crippen LogP contribution >= 0.6 is 0 Å². The van der Waals surface area contributed by atoms with E-state index in [1.165, 1.54) is 24.3 Å². The molecule has 2 saturated carbocycles. The highest BCUT2D eigenvalue weighted by atomic mass is 16.6. The second kappa shape index (κ2) is 5.68. The molecule has 0 heterocycles. The largest absolute Gasteiger partial charge is 0.305 e. The summed E-state index contributed by atoms with van der Waals surface area (Å²) in [6.45, 7) is 6.24. The molecular weight excluding hydrogens is 322 g/mol. The maximum atomic E-state index is 12.7. The summed E-state index contributed by atoms with van der Waals surface area (Å²) < 4.78 is 0. The maximum Gasteiger partial charge on any atom is 0.270 e. The fourth-order valence-electron chi connectivity index (χ4n) is 4.11. The van der Waals surface area contributed by atoms with Gasteiger partial charge in [0.25, 0.3) is 11.6 Å². The number of nitrogens with zero attached hydrogens (tertiary/aromatic N) is 1. The number of fused-ring (bicyclic) bond motifs is 2. The number of hydrogen-bond donors (Lipinski definition) is 2. The third kappa shape index (κ3) is 2.50. The molecule has 1 aromatic carbocycles. The van der Waals surface area contributed by atoms with Gasteiger partial charge in [0.15, 0.2) is 5.78 Å². The third-order valence-corrected chi connectivity index (χ3v) is 6.10. The summed E-state index contributed by atoms with van der Waals surface area (Å²) >= 11 is 0. The molecule has 2 aliphatic rings. The molecule has 25 heavy (non-hydrogen) atoms. The lowest BCUT2D eigenvalue weighted by molar-refractivity contribution is -0.384. The number of ketones is 1. The zero-order chi connectivity index (χ0) is 18.4. The quantitative estimate of drug-likeness (QED) is 0.497. The van der Waals surface area contributed by atoms with Crippen molar-refractivity contribution in [3.05, 3.63) is 51.7 Å². The number of amides is 1. The molecule has 2 N–H and O–H groups in total. The van der Waals surface area contributed by atoms with Crippen molar-refractivity contribution in [3.63, 3.8) is 0 Å². The average Bonchev–Trinajstić information content (AvgIpc) is 2.88. The molecule has 3 rings (SSSR count). The van der Waals surface area contributed by atoms with Crippen molar-refractivity contribution < 1.29 is 14.5 Å². The molecule has 2 fully saturated rings. The molecule has 0 aliphatic heterocycles. The van der Waals surface area contributed by atoms with Crippen molar-refractivity contribution in [2.45, 2.75) is 33.6 Å². The fraction of sp³-hybridized carbons (Fsp3) is 0.444. The summed E-state index contributed by atoms with van der Waals surface area (Å²) in [5.41, 5.74) is 5.45. The van der Waals surface area contributed by atoms with Crippen LogP contribution in [0.4, 0.5) is 5.69 Å². The van der Waals surface area contributed by atoms with Crippen molar-refractivity contribution in [1.29, 1.82) is 0 Å². The second-order valence-electron chi connectivity index (χ2n) is 7.48. The standard InChI is InChI=1S/C18H21N3O4/c1-17(2)14-7-8-18(17,3)15(22)13(14)10-19-20-16(23)11-5-4-6-12(9-11)21(24)25/h4-6,9-10,14,19H,7-8H2,1-3H3,(H,20,23)/b13-10-. The summed E-state index contributed by atoms with van der Waals surface area (Å²) in [5, 5.41) is 10.8. The minimum atomic E-state index is -0.553. The summed E-state index contributed by atoms with van der Waals surface area (Å²) in [6.07, 6.45) is 3.41. The number of nitrogens with one attached hydrogen (secondary N) is 2. The Morgan fingerprint density at radius 1 is 1.36 bits per heavy atom. The van der Waals surface area contributed by atoms with Gasteiger partial charge in [-0.1, -0.05) is 26.8 Å². The fourth-order valence-corrected chi connectivity index (χ4v) is 4.11. The molecule has 7 heteroatoms. The monoisotopic (exact) mass is 343 g/mol. The molecule has 1 aromatic rings. The molecule has 2 aliphatic carbocycles. The Bertz CT molecular complexity index is 799. The number of hydrazine groups is 1. The lowest BCUT2D eigenvalue weighted by Gasteiger charge is -2.31. The first-order chi connectivity index (χ1) is 11.7. The van der Waals surface area contributed by atoms with E-state index >= 15 is 0 Å². The van der Waals surface area contributed by atoms with Crippen LogP contribution in [-0.4, -0.2) is 16.6 Å². The summed E-state index contributed by atoms with van der Waals surface area (Å²) in [7, 11) is 0. The summed E-state index contributed by atoms with van der Waals surface area (Å²) in [5.74, 6) is -0.195. The highest BCUT2D eigenvalue weighted by Gasteiger charge is 2.63. The van der Waals surface area contributed by atoms with Crippen LogP contribution in [0.1, 0.15) is 44.0 Å².